The highest BCUT2D eigenvalue weighted by Crippen LogP contribution is 2.31. The Bertz CT molecular complexity index is 1130. The number of hydrogen-bond acceptors (Lipinski definition) is 4. The molecule has 1 amide bonds. The van der Waals surface area contributed by atoms with Gasteiger partial charge in [0.15, 0.2) is 5.78 Å². The lowest BCUT2D eigenvalue weighted by Gasteiger charge is -2.33. The number of fused-ring (bicyclic) bond motifs is 1. The number of benzene rings is 2. The number of aromatic amines is 1. The molecule has 0 spiro atoms. The Morgan fingerprint density at radius 2 is 1.91 bits per heavy atom. The van der Waals surface area contributed by atoms with Crippen LogP contribution in [0.25, 0.3) is 0 Å². The van der Waals surface area contributed by atoms with Gasteiger partial charge in [-0.3, -0.25) is 9.59 Å². The highest BCUT2D eigenvalue weighted by Gasteiger charge is 2.29. The van der Waals surface area contributed by atoms with E-state index in [0.717, 1.165) is 55.7 Å². The van der Waals surface area contributed by atoms with Crippen molar-refractivity contribution in [3.8, 4) is 0 Å². The number of amides is 1. The van der Waals surface area contributed by atoms with E-state index in [9.17, 15) is 9.59 Å². The first-order valence-electron chi connectivity index (χ1n) is 12.9. The van der Waals surface area contributed by atoms with Crippen molar-refractivity contribution < 1.29 is 9.59 Å². The van der Waals surface area contributed by atoms with Gasteiger partial charge in [-0.05, 0) is 80.9 Å². The fraction of sp³-hybridized carbons (Fsp3) is 0.414. The highest BCUT2D eigenvalue weighted by molar-refractivity contribution is 6.02. The Kier molecular flexibility index (Phi) is 7.38. The third kappa shape index (κ3) is 5.70. The summed E-state index contributed by atoms with van der Waals surface area (Å²) in [5, 5.41) is 2.96. The maximum Gasteiger partial charge on any atom is 0.251 e. The number of H-pyrrole nitrogens is 1. The molecular weight excluding hydrogens is 436 g/mol. The van der Waals surface area contributed by atoms with Gasteiger partial charge in [-0.15, -0.1) is 0 Å². The zero-order valence-electron chi connectivity index (χ0n) is 20.2. The van der Waals surface area contributed by atoms with E-state index in [4.69, 9.17) is 0 Å². The number of piperidine rings is 1. The van der Waals surface area contributed by atoms with Gasteiger partial charge in [0.25, 0.3) is 5.91 Å². The van der Waals surface area contributed by atoms with Crippen molar-refractivity contribution >= 4 is 11.7 Å². The Morgan fingerprint density at radius 3 is 2.69 bits per heavy atom. The monoisotopic (exact) mass is 470 g/mol. The number of ketones is 1. The zero-order chi connectivity index (χ0) is 24.0. The summed E-state index contributed by atoms with van der Waals surface area (Å²) in [6.07, 6.45) is 9.15. The third-order valence-electron chi connectivity index (χ3n) is 7.65. The van der Waals surface area contributed by atoms with Crippen LogP contribution < -0.4 is 5.32 Å². The molecule has 3 aromatic rings. The first-order valence-corrected chi connectivity index (χ1v) is 12.9. The molecule has 0 radical (unpaired) electrons. The van der Waals surface area contributed by atoms with Gasteiger partial charge in [-0.1, -0.05) is 36.4 Å². The molecule has 2 N–H and O–H groups in total. The molecule has 2 aromatic carbocycles. The quantitative estimate of drug-likeness (QED) is 0.512. The molecule has 5 rings (SSSR count). The lowest BCUT2D eigenvalue weighted by molar-refractivity contribution is 0.0875. The number of rotatable bonds is 8. The fourth-order valence-electron chi connectivity index (χ4n) is 5.53. The minimum Gasteiger partial charge on any atom is -0.352 e. The Labute approximate surface area is 207 Å². The highest BCUT2D eigenvalue weighted by atomic mass is 16.1. The summed E-state index contributed by atoms with van der Waals surface area (Å²) in [6.45, 7) is 3.75. The molecular formula is C29H34N4O2. The molecule has 0 saturated carbocycles. The standard InChI is InChI=1S/C29H34N4O2/c34-28-23(13-17-33-15-11-22(12-16-33)21-4-2-1-3-5-21)6-7-24-18-25(8-9-27(24)28)29(35)31-14-10-26-19-30-20-32-26/h1-5,8-9,18-20,22-23H,6-7,10-17H2,(H,30,32)(H,31,35). The number of Topliss-reactive ketones (excluding diaryl/α,β-unsaturated/α-hetero) is 1. The van der Waals surface area contributed by atoms with Crippen LogP contribution in [0.2, 0.25) is 0 Å². The summed E-state index contributed by atoms with van der Waals surface area (Å²) in [4.78, 5) is 35.3. The van der Waals surface area contributed by atoms with E-state index < -0.39 is 0 Å². The number of aromatic nitrogens is 2. The van der Waals surface area contributed by atoms with Crippen molar-refractivity contribution in [2.75, 3.05) is 26.2 Å². The van der Waals surface area contributed by atoms with E-state index in [2.05, 4.69) is 50.5 Å². The van der Waals surface area contributed by atoms with E-state index in [1.807, 2.05) is 12.1 Å². The van der Waals surface area contributed by atoms with Gasteiger partial charge >= 0.3 is 0 Å². The molecule has 1 fully saturated rings. The average Bonchev–Trinajstić information content (AvgIpc) is 3.42. The predicted molar refractivity (Wildman–Crippen MR) is 137 cm³/mol. The summed E-state index contributed by atoms with van der Waals surface area (Å²) < 4.78 is 0. The number of likely N-dealkylation sites (tertiary alicyclic amines) is 1. The van der Waals surface area contributed by atoms with Gasteiger partial charge in [-0.25, -0.2) is 4.98 Å². The van der Waals surface area contributed by atoms with Gasteiger partial charge in [0.1, 0.15) is 0 Å². The molecule has 182 valence electrons. The van der Waals surface area contributed by atoms with E-state index in [1.165, 1.54) is 18.4 Å². The molecule has 6 heteroatoms. The number of aryl methyl sites for hydroxylation is 1. The SMILES string of the molecule is O=C(NCCc1cnc[nH]1)c1ccc2c(c1)CCC(CCN1CCC(c3ccccc3)CC1)C2=O. The molecule has 1 saturated heterocycles. The summed E-state index contributed by atoms with van der Waals surface area (Å²) >= 11 is 0. The largest absolute Gasteiger partial charge is 0.352 e. The molecule has 1 aliphatic carbocycles. The van der Waals surface area contributed by atoms with Crippen LogP contribution in [0.1, 0.15) is 69.1 Å². The van der Waals surface area contributed by atoms with Gasteiger partial charge < -0.3 is 15.2 Å². The molecule has 6 nitrogen and oxygen atoms in total. The van der Waals surface area contributed by atoms with Crippen LogP contribution in [0.5, 0.6) is 0 Å². The van der Waals surface area contributed by atoms with Crippen LogP contribution in [0.3, 0.4) is 0 Å². The Hall–Kier alpha value is -3.25. The summed E-state index contributed by atoms with van der Waals surface area (Å²) in [7, 11) is 0. The van der Waals surface area contributed by atoms with Gasteiger partial charge in [0.05, 0.1) is 6.33 Å². The molecule has 2 heterocycles. The van der Waals surface area contributed by atoms with Crippen molar-refractivity contribution in [1.82, 2.24) is 20.2 Å². The van der Waals surface area contributed by atoms with Crippen molar-refractivity contribution in [3.63, 3.8) is 0 Å². The van der Waals surface area contributed by atoms with Crippen molar-refractivity contribution in [2.45, 2.75) is 44.4 Å². The molecule has 2 aliphatic rings. The molecule has 1 unspecified atom stereocenters. The first kappa shape index (κ1) is 23.5. The first-order chi connectivity index (χ1) is 17.2. The van der Waals surface area contributed by atoms with E-state index in [-0.39, 0.29) is 17.6 Å². The van der Waals surface area contributed by atoms with Crippen molar-refractivity contribution in [2.24, 2.45) is 5.92 Å². The lowest BCUT2D eigenvalue weighted by atomic mass is 9.80. The molecule has 1 aliphatic heterocycles. The van der Waals surface area contributed by atoms with Crippen LogP contribution in [0.4, 0.5) is 0 Å². The fourth-order valence-corrected chi connectivity index (χ4v) is 5.53. The Morgan fingerprint density at radius 1 is 1.09 bits per heavy atom. The summed E-state index contributed by atoms with van der Waals surface area (Å²) in [6, 6.07) is 16.4. The van der Waals surface area contributed by atoms with E-state index in [0.29, 0.717) is 24.4 Å². The van der Waals surface area contributed by atoms with Crippen LogP contribution in [-0.4, -0.2) is 52.7 Å². The number of nitrogens with one attached hydrogen (secondary N) is 2. The number of carbonyl (C=O) groups excluding carboxylic acids is 2. The second-order valence-electron chi connectivity index (χ2n) is 9.87. The van der Waals surface area contributed by atoms with E-state index in [1.54, 1.807) is 18.6 Å². The second-order valence-corrected chi connectivity index (χ2v) is 9.87. The second kappa shape index (κ2) is 11.0. The number of hydrogen-bond donors (Lipinski definition) is 2. The van der Waals surface area contributed by atoms with Gasteiger partial charge in [-0.2, -0.15) is 0 Å². The molecule has 1 aromatic heterocycles. The normalized spacial score (nSPS) is 18.9. The van der Waals surface area contributed by atoms with Gasteiger partial charge in [0, 0.05) is 41.9 Å². The maximum absolute atomic E-state index is 13.2. The summed E-state index contributed by atoms with van der Waals surface area (Å²) in [5.74, 6) is 0.897. The van der Waals surface area contributed by atoms with Crippen LogP contribution >= 0.6 is 0 Å². The number of nitrogens with zero attached hydrogens (tertiary/aromatic N) is 2. The summed E-state index contributed by atoms with van der Waals surface area (Å²) in [5.41, 5.74) is 4.89. The van der Waals surface area contributed by atoms with Crippen LogP contribution in [0.15, 0.2) is 61.1 Å². The minimum absolute atomic E-state index is 0.0865. The van der Waals surface area contributed by atoms with Crippen molar-refractivity contribution in [3.05, 3.63) is 89.0 Å². The van der Waals surface area contributed by atoms with Crippen LogP contribution in [-0.2, 0) is 12.8 Å². The van der Waals surface area contributed by atoms with Crippen molar-refractivity contribution in [1.29, 1.82) is 0 Å². The van der Waals surface area contributed by atoms with E-state index >= 15 is 0 Å². The zero-order valence-corrected chi connectivity index (χ0v) is 20.2. The van der Waals surface area contributed by atoms with Crippen LogP contribution in [0, 0.1) is 5.92 Å². The maximum atomic E-state index is 13.2. The molecule has 0 bridgehead atoms. The predicted octanol–water partition coefficient (Wildman–Crippen LogP) is 4.40. The Balaban J connectivity index is 1.10. The topological polar surface area (TPSA) is 78.1 Å². The molecule has 35 heavy (non-hydrogen) atoms. The lowest BCUT2D eigenvalue weighted by Crippen LogP contribution is -2.35. The smallest absolute Gasteiger partial charge is 0.251 e. The number of imidazole rings is 1. The average molecular weight is 471 g/mol. The molecule has 1 atom stereocenters. The van der Waals surface area contributed by atoms with Gasteiger partial charge in [0.2, 0.25) is 0 Å². The number of carbonyl (C=O) groups is 2. The third-order valence-corrected chi connectivity index (χ3v) is 7.65. The minimum atomic E-state index is -0.0965.